The van der Waals surface area contributed by atoms with E-state index in [1.807, 2.05) is 0 Å². The van der Waals surface area contributed by atoms with Crippen molar-refractivity contribution in [3.05, 3.63) is 24.3 Å². The quantitative estimate of drug-likeness (QED) is 0.0363. The standard InChI is InChI=1S/C54H105NO4/c1-3-5-7-9-11-13-15-16-17-18-19-20-21-22-23-24-25-26-27-28-29-30-31-32-33-34-35-36-37-38-39-41-43-45-47-49-53(58)55-51(50-56)54(59)52(57)48-46-44-42-40-14-12-10-8-6-4-2/h24-25,40,42,51-52,54,56-57,59H,3-23,26-39,41,43-50H2,1-2H3,(H,55,58)/b25-24-,42-40+. The summed E-state index contributed by atoms with van der Waals surface area (Å²) in [7, 11) is 0. The number of hydrogen-bond donors (Lipinski definition) is 4. The van der Waals surface area contributed by atoms with Gasteiger partial charge in [-0.25, -0.2) is 0 Å². The van der Waals surface area contributed by atoms with Crippen molar-refractivity contribution in [3.8, 4) is 0 Å². The molecule has 3 atom stereocenters. The van der Waals surface area contributed by atoms with Crippen molar-refractivity contribution in [3.63, 3.8) is 0 Å². The van der Waals surface area contributed by atoms with Crippen LogP contribution >= 0.6 is 0 Å². The van der Waals surface area contributed by atoms with Gasteiger partial charge in [-0.3, -0.25) is 4.79 Å². The molecule has 0 aliphatic heterocycles. The van der Waals surface area contributed by atoms with Gasteiger partial charge in [-0.1, -0.05) is 244 Å². The fourth-order valence-corrected chi connectivity index (χ4v) is 8.40. The monoisotopic (exact) mass is 832 g/mol. The molecule has 5 nitrogen and oxygen atoms in total. The lowest BCUT2D eigenvalue weighted by Crippen LogP contribution is -2.50. The molecule has 0 saturated heterocycles. The van der Waals surface area contributed by atoms with Crippen molar-refractivity contribution in [2.24, 2.45) is 0 Å². The molecule has 350 valence electrons. The number of nitrogens with one attached hydrogen (secondary N) is 1. The molecule has 0 bridgehead atoms. The summed E-state index contributed by atoms with van der Waals surface area (Å²) in [6.07, 6.45) is 62.1. The van der Waals surface area contributed by atoms with E-state index in [0.717, 1.165) is 38.5 Å². The van der Waals surface area contributed by atoms with Gasteiger partial charge in [0.25, 0.3) is 0 Å². The Morgan fingerprint density at radius 1 is 0.407 bits per heavy atom. The molecule has 5 heteroatoms. The molecule has 59 heavy (non-hydrogen) atoms. The molecule has 0 spiro atoms. The third-order valence-electron chi connectivity index (χ3n) is 12.5. The van der Waals surface area contributed by atoms with E-state index in [2.05, 4.69) is 43.5 Å². The van der Waals surface area contributed by atoms with Crippen molar-refractivity contribution in [1.82, 2.24) is 5.32 Å². The van der Waals surface area contributed by atoms with E-state index < -0.39 is 18.2 Å². The van der Waals surface area contributed by atoms with Gasteiger partial charge in [0.2, 0.25) is 5.91 Å². The van der Waals surface area contributed by atoms with Gasteiger partial charge < -0.3 is 20.6 Å². The van der Waals surface area contributed by atoms with Crippen LogP contribution in [0, 0.1) is 0 Å². The van der Waals surface area contributed by atoms with Gasteiger partial charge in [-0.15, -0.1) is 0 Å². The van der Waals surface area contributed by atoms with Crippen LogP contribution in [0.2, 0.25) is 0 Å². The first kappa shape index (κ1) is 57.8. The number of allylic oxidation sites excluding steroid dienone is 4. The zero-order valence-corrected chi connectivity index (χ0v) is 39.9. The normalized spacial score (nSPS) is 13.5. The maximum Gasteiger partial charge on any atom is 0.220 e. The molecule has 0 aliphatic rings. The van der Waals surface area contributed by atoms with E-state index in [9.17, 15) is 20.1 Å². The van der Waals surface area contributed by atoms with Crippen LogP contribution in [0.4, 0.5) is 0 Å². The molecular formula is C54H105NO4. The van der Waals surface area contributed by atoms with E-state index in [1.165, 1.54) is 225 Å². The third kappa shape index (κ3) is 44.7. The van der Waals surface area contributed by atoms with Crippen LogP contribution in [-0.4, -0.2) is 46.1 Å². The summed E-state index contributed by atoms with van der Waals surface area (Å²) in [6, 6.07) is -0.822. The smallest absolute Gasteiger partial charge is 0.220 e. The topological polar surface area (TPSA) is 89.8 Å². The van der Waals surface area contributed by atoms with Crippen LogP contribution in [-0.2, 0) is 4.79 Å². The first-order valence-electron chi connectivity index (χ1n) is 26.6. The molecule has 0 aromatic carbocycles. The average Bonchev–Trinajstić information content (AvgIpc) is 3.24. The molecule has 0 aromatic rings. The highest BCUT2D eigenvalue weighted by Gasteiger charge is 2.26. The van der Waals surface area contributed by atoms with Gasteiger partial charge in [-0.05, 0) is 64.2 Å². The highest BCUT2D eigenvalue weighted by Crippen LogP contribution is 2.17. The SMILES string of the molecule is CCCCCCC/C=C/CCCC(O)C(O)C(CO)NC(=O)CCCCCCCCCCCCCCCCCCC/C=C\CCCCCCCCCCCCCCCC. The van der Waals surface area contributed by atoms with Crippen LogP contribution in [0.3, 0.4) is 0 Å². The minimum atomic E-state index is -1.15. The fourth-order valence-electron chi connectivity index (χ4n) is 8.40. The van der Waals surface area contributed by atoms with Crippen molar-refractivity contribution < 1.29 is 20.1 Å². The van der Waals surface area contributed by atoms with Crippen molar-refractivity contribution in [2.75, 3.05) is 6.61 Å². The number of amides is 1. The Kier molecular flexibility index (Phi) is 48.5. The van der Waals surface area contributed by atoms with Crippen LogP contribution in [0.5, 0.6) is 0 Å². The van der Waals surface area contributed by atoms with Gasteiger partial charge in [0.15, 0.2) is 0 Å². The average molecular weight is 832 g/mol. The Labute approximate surface area is 369 Å². The highest BCUT2D eigenvalue weighted by molar-refractivity contribution is 5.76. The molecule has 1 amide bonds. The summed E-state index contributed by atoms with van der Waals surface area (Å²) >= 11 is 0. The Hall–Kier alpha value is -1.17. The zero-order valence-electron chi connectivity index (χ0n) is 39.9. The summed E-state index contributed by atoms with van der Waals surface area (Å²) in [5.41, 5.74) is 0. The molecular weight excluding hydrogens is 727 g/mol. The van der Waals surface area contributed by atoms with E-state index in [1.54, 1.807) is 0 Å². The minimum absolute atomic E-state index is 0.152. The van der Waals surface area contributed by atoms with Crippen LogP contribution in [0.25, 0.3) is 0 Å². The van der Waals surface area contributed by atoms with Crippen LogP contribution < -0.4 is 5.32 Å². The molecule has 4 N–H and O–H groups in total. The molecule has 0 radical (unpaired) electrons. The van der Waals surface area contributed by atoms with Gasteiger partial charge in [-0.2, -0.15) is 0 Å². The summed E-state index contributed by atoms with van der Waals surface area (Å²) in [6.45, 7) is 4.16. The first-order chi connectivity index (χ1) is 29.1. The minimum Gasteiger partial charge on any atom is -0.394 e. The maximum atomic E-state index is 12.4. The molecule has 0 aliphatic carbocycles. The van der Waals surface area contributed by atoms with E-state index in [4.69, 9.17) is 0 Å². The number of aliphatic hydroxyl groups is 3. The number of hydrogen-bond acceptors (Lipinski definition) is 4. The molecule has 3 unspecified atom stereocenters. The summed E-state index contributed by atoms with van der Waals surface area (Å²) in [5, 5.41) is 33.4. The maximum absolute atomic E-state index is 12.4. The fraction of sp³-hybridized carbons (Fsp3) is 0.907. The Balaban J connectivity index is 3.43. The number of rotatable bonds is 49. The van der Waals surface area contributed by atoms with Crippen molar-refractivity contribution in [2.45, 2.75) is 308 Å². The van der Waals surface area contributed by atoms with Gasteiger partial charge in [0.05, 0.1) is 18.8 Å². The second-order valence-corrected chi connectivity index (χ2v) is 18.4. The summed E-state index contributed by atoms with van der Waals surface area (Å²) in [5.74, 6) is -0.152. The lowest BCUT2D eigenvalue weighted by molar-refractivity contribution is -0.124. The van der Waals surface area contributed by atoms with E-state index in [0.29, 0.717) is 12.8 Å². The second kappa shape index (κ2) is 49.5. The summed E-state index contributed by atoms with van der Waals surface area (Å²) < 4.78 is 0. The number of aliphatic hydroxyl groups excluding tert-OH is 3. The third-order valence-corrected chi connectivity index (χ3v) is 12.5. The van der Waals surface area contributed by atoms with Crippen molar-refractivity contribution >= 4 is 5.91 Å². The lowest BCUT2D eigenvalue weighted by atomic mass is 10.0. The molecule has 0 fully saturated rings. The van der Waals surface area contributed by atoms with E-state index in [-0.39, 0.29) is 12.5 Å². The molecule has 0 rings (SSSR count). The summed E-state index contributed by atoms with van der Waals surface area (Å²) in [4.78, 5) is 12.4. The van der Waals surface area contributed by atoms with Gasteiger partial charge >= 0.3 is 0 Å². The van der Waals surface area contributed by atoms with Gasteiger partial charge in [0, 0.05) is 6.42 Å². The number of carbonyl (C=O) groups excluding carboxylic acids is 1. The Morgan fingerprint density at radius 2 is 0.678 bits per heavy atom. The van der Waals surface area contributed by atoms with Crippen molar-refractivity contribution in [1.29, 1.82) is 0 Å². The Morgan fingerprint density at radius 3 is 0.983 bits per heavy atom. The predicted octanol–water partition coefficient (Wildman–Crippen LogP) is 16.1. The Bertz CT molecular complexity index is 874. The van der Waals surface area contributed by atoms with Crippen LogP contribution in [0.1, 0.15) is 290 Å². The van der Waals surface area contributed by atoms with E-state index >= 15 is 0 Å². The first-order valence-corrected chi connectivity index (χ1v) is 26.6. The highest BCUT2D eigenvalue weighted by atomic mass is 16.3. The second-order valence-electron chi connectivity index (χ2n) is 18.4. The van der Waals surface area contributed by atoms with Gasteiger partial charge in [0.1, 0.15) is 6.10 Å². The lowest BCUT2D eigenvalue weighted by Gasteiger charge is -2.26. The van der Waals surface area contributed by atoms with Crippen LogP contribution in [0.15, 0.2) is 24.3 Å². The molecule has 0 aromatic heterocycles. The largest absolute Gasteiger partial charge is 0.394 e. The number of unbranched alkanes of at least 4 members (excludes halogenated alkanes) is 37. The molecule has 0 saturated carbocycles. The number of carbonyl (C=O) groups is 1. The molecule has 0 heterocycles. The predicted molar refractivity (Wildman–Crippen MR) is 259 cm³/mol. The zero-order chi connectivity index (χ0) is 43.0.